The third-order valence-corrected chi connectivity index (χ3v) is 7.41. The van der Waals surface area contributed by atoms with Crippen molar-refractivity contribution < 1.29 is 18.4 Å². The molecule has 1 aromatic heterocycles. The standard InChI is InChI=1S/C29H35F3N2OS/c1-2-3-4-5-6-7-8-9-10-11-26-21-36-28(33-26)24-16-14-23(15-17-24)27(34-35)20-22-12-18-25(19-13-22)29(30,31)32/h12-19,21,27H,2-11,20H2,1H3. The van der Waals surface area contributed by atoms with E-state index < -0.39 is 17.8 Å². The van der Waals surface area contributed by atoms with Crippen molar-refractivity contribution in [3.8, 4) is 10.6 Å². The third kappa shape index (κ3) is 9.02. The first-order valence-electron chi connectivity index (χ1n) is 12.9. The van der Waals surface area contributed by atoms with Gasteiger partial charge in [0.25, 0.3) is 0 Å². The highest BCUT2D eigenvalue weighted by Gasteiger charge is 2.30. The Bertz CT molecular complexity index is 1020. The molecule has 0 N–H and O–H groups in total. The van der Waals surface area contributed by atoms with Crippen LogP contribution in [0.25, 0.3) is 10.6 Å². The zero-order valence-electron chi connectivity index (χ0n) is 20.9. The lowest BCUT2D eigenvalue weighted by atomic mass is 9.98. The van der Waals surface area contributed by atoms with Crippen LogP contribution in [0.15, 0.2) is 53.9 Å². The van der Waals surface area contributed by atoms with E-state index in [1.807, 2.05) is 24.3 Å². The number of alkyl halides is 3. The van der Waals surface area contributed by atoms with Gasteiger partial charge in [-0.1, -0.05) is 100 Å². The number of benzene rings is 2. The largest absolute Gasteiger partial charge is 0.416 e. The average molecular weight is 517 g/mol. The molecule has 0 amide bonds. The second kappa shape index (κ2) is 14.5. The Kier molecular flexibility index (Phi) is 11.4. The van der Waals surface area contributed by atoms with E-state index in [-0.39, 0.29) is 6.42 Å². The molecule has 0 aliphatic carbocycles. The molecule has 3 aromatic rings. The first-order valence-corrected chi connectivity index (χ1v) is 13.8. The number of halogens is 3. The maximum Gasteiger partial charge on any atom is 0.416 e. The number of unbranched alkanes of at least 4 members (excludes halogenated alkanes) is 8. The van der Waals surface area contributed by atoms with Crippen molar-refractivity contribution in [2.24, 2.45) is 0 Å². The third-order valence-electron chi connectivity index (χ3n) is 6.47. The van der Waals surface area contributed by atoms with Crippen LogP contribution in [0.4, 0.5) is 13.2 Å². The van der Waals surface area contributed by atoms with Crippen LogP contribution in [-0.4, -0.2) is 4.98 Å². The Hall–Kier alpha value is -2.22. The summed E-state index contributed by atoms with van der Waals surface area (Å²) in [6, 6.07) is 11.8. The molecule has 7 heteroatoms. The summed E-state index contributed by atoms with van der Waals surface area (Å²) in [5.41, 5.74) is 6.00. The molecule has 2 aromatic carbocycles. The minimum Gasteiger partial charge on any atom is -0.241 e. The molecular weight excluding hydrogens is 481 g/mol. The Balaban J connectivity index is 1.47. The fourth-order valence-corrected chi connectivity index (χ4v) is 5.15. The van der Waals surface area contributed by atoms with Crippen molar-refractivity contribution in [1.82, 2.24) is 10.5 Å². The normalized spacial score (nSPS) is 12.7. The van der Waals surface area contributed by atoms with Crippen molar-refractivity contribution >= 4 is 11.3 Å². The van der Waals surface area contributed by atoms with Crippen LogP contribution in [0, 0.1) is 0 Å². The van der Waals surface area contributed by atoms with Gasteiger partial charge in [0.05, 0.1) is 17.3 Å². The number of thiazole rings is 1. The van der Waals surface area contributed by atoms with Gasteiger partial charge < -0.3 is 0 Å². The maximum atomic E-state index is 12.8. The molecule has 2 radical (unpaired) electrons. The minimum atomic E-state index is -4.38. The maximum absolute atomic E-state index is 12.8. The first-order chi connectivity index (χ1) is 17.4. The summed E-state index contributed by atoms with van der Waals surface area (Å²) in [4.78, 5) is 4.78. The summed E-state index contributed by atoms with van der Waals surface area (Å²) < 4.78 is 38.3. The van der Waals surface area contributed by atoms with Crippen molar-refractivity contribution in [3.63, 3.8) is 0 Å². The van der Waals surface area contributed by atoms with Crippen molar-refractivity contribution in [3.05, 3.63) is 76.3 Å². The molecule has 0 fully saturated rings. The predicted molar refractivity (Wildman–Crippen MR) is 139 cm³/mol. The monoisotopic (exact) mass is 516 g/mol. The van der Waals surface area contributed by atoms with E-state index >= 15 is 0 Å². The molecular formula is C29H35F3N2OS. The van der Waals surface area contributed by atoms with Crippen molar-refractivity contribution in [2.75, 3.05) is 0 Å². The number of hydroxylamine groups is 1. The number of hydrogen-bond acceptors (Lipinski definition) is 2. The SMILES string of the molecule is CCCCCCCCCCCc1csc(-c2ccc(C(Cc3ccc(C(F)(F)F)cc3)[N][O])cc2)n1. The molecule has 0 bridgehead atoms. The zero-order valence-corrected chi connectivity index (χ0v) is 21.7. The fraction of sp³-hybridized carbons (Fsp3) is 0.483. The van der Waals surface area contributed by atoms with Gasteiger partial charge >= 0.3 is 6.18 Å². The molecule has 194 valence electrons. The Morgan fingerprint density at radius 3 is 2.06 bits per heavy atom. The highest BCUT2D eigenvalue weighted by atomic mass is 32.1. The lowest BCUT2D eigenvalue weighted by Crippen LogP contribution is -2.12. The summed E-state index contributed by atoms with van der Waals surface area (Å²) in [5.74, 6) is 0. The van der Waals surface area contributed by atoms with Gasteiger partial charge in [-0.15, -0.1) is 16.5 Å². The molecule has 3 rings (SSSR count). The van der Waals surface area contributed by atoms with Crippen LogP contribution in [0.5, 0.6) is 0 Å². The number of rotatable bonds is 15. The molecule has 3 nitrogen and oxygen atoms in total. The topological polar surface area (TPSA) is 46.9 Å². The minimum absolute atomic E-state index is 0.251. The summed E-state index contributed by atoms with van der Waals surface area (Å²) in [6.07, 6.45) is 8.62. The molecule has 36 heavy (non-hydrogen) atoms. The van der Waals surface area contributed by atoms with E-state index in [2.05, 4.69) is 17.8 Å². The quantitative estimate of drug-likeness (QED) is 0.147. The summed E-state index contributed by atoms with van der Waals surface area (Å²) in [5, 5.41) is 14.5. The lowest BCUT2D eigenvalue weighted by molar-refractivity contribution is -0.137. The van der Waals surface area contributed by atoms with Gasteiger partial charge in [0, 0.05) is 10.9 Å². The molecule has 1 unspecified atom stereocenters. The van der Waals surface area contributed by atoms with E-state index in [1.54, 1.807) is 11.3 Å². The first kappa shape index (κ1) is 28.4. The highest BCUT2D eigenvalue weighted by molar-refractivity contribution is 7.13. The van der Waals surface area contributed by atoms with Crippen LogP contribution in [0.2, 0.25) is 0 Å². The number of hydrogen-bond donors (Lipinski definition) is 0. The fourth-order valence-electron chi connectivity index (χ4n) is 4.29. The molecule has 0 saturated heterocycles. The van der Waals surface area contributed by atoms with Crippen LogP contribution < -0.4 is 5.48 Å². The van der Waals surface area contributed by atoms with E-state index in [0.717, 1.165) is 46.8 Å². The second-order valence-electron chi connectivity index (χ2n) is 9.36. The summed E-state index contributed by atoms with van der Waals surface area (Å²) in [6.45, 7) is 2.25. The van der Waals surface area contributed by atoms with E-state index in [9.17, 15) is 18.4 Å². The Labute approximate surface area is 216 Å². The smallest absolute Gasteiger partial charge is 0.241 e. The van der Waals surface area contributed by atoms with Gasteiger partial charge in [-0.3, -0.25) is 0 Å². The molecule has 0 aliphatic rings. The lowest BCUT2D eigenvalue weighted by Gasteiger charge is -2.14. The number of aryl methyl sites for hydroxylation is 1. The van der Waals surface area contributed by atoms with E-state index in [4.69, 9.17) is 4.98 Å². The molecule has 1 heterocycles. The Morgan fingerprint density at radius 1 is 0.861 bits per heavy atom. The zero-order chi connectivity index (χ0) is 25.8. The molecule has 0 aliphatic heterocycles. The van der Waals surface area contributed by atoms with Gasteiger partial charge in [-0.25, -0.2) is 4.98 Å². The van der Waals surface area contributed by atoms with Gasteiger partial charge in [0.1, 0.15) is 5.01 Å². The van der Waals surface area contributed by atoms with Gasteiger partial charge in [-0.05, 0) is 42.5 Å². The Morgan fingerprint density at radius 2 is 1.47 bits per heavy atom. The average Bonchev–Trinajstić information content (AvgIpc) is 3.35. The van der Waals surface area contributed by atoms with Gasteiger partial charge in [0.2, 0.25) is 0 Å². The van der Waals surface area contributed by atoms with E-state index in [1.165, 1.54) is 63.5 Å². The van der Waals surface area contributed by atoms with Crippen LogP contribution in [0.3, 0.4) is 0 Å². The number of aromatic nitrogens is 1. The van der Waals surface area contributed by atoms with E-state index in [0.29, 0.717) is 5.56 Å². The summed E-state index contributed by atoms with van der Waals surface area (Å²) in [7, 11) is 0. The molecule has 0 spiro atoms. The highest BCUT2D eigenvalue weighted by Crippen LogP contribution is 2.31. The van der Waals surface area contributed by atoms with Crippen molar-refractivity contribution in [2.45, 2.75) is 89.8 Å². The van der Waals surface area contributed by atoms with Crippen LogP contribution >= 0.6 is 11.3 Å². The summed E-state index contributed by atoms with van der Waals surface area (Å²) >= 11 is 1.62. The predicted octanol–water partition coefficient (Wildman–Crippen LogP) is 9.14. The molecule has 1 atom stereocenters. The van der Waals surface area contributed by atoms with Gasteiger partial charge in [-0.2, -0.15) is 13.2 Å². The second-order valence-corrected chi connectivity index (χ2v) is 10.2. The van der Waals surface area contributed by atoms with Crippen molar-refractivity contribution in [1.29, 1.82) is 0 Å². The molecule has 0 saturated carbocycles. The van der Waals surface area contributed by atoms with Crippen LogP contribution in [0.1, 0.15) is 93.1 Å². The van der Waals surface area contributed by atoms with Gasteiger partial charge in [0.15, 0.2) is 0 Å². The van der Waals surface area contributed by atoms with Crippen LogP contribution in [-0.2, 0) is 24.2 Å². The number of nitrogens with zero attached hydrogens (tertiary/aromatic N) is 2.